The van der Waals surface area contributed by atoms with E-state index < -0.39 is 17.2 Å². The number of esters is 1. The van der Waals surface area contributed by atoms with Gasteiger partial charge in [0.1, 0.15) is 11.1 Å². The van der Waals surface area contributed by atoms with Crippen LogP contribution in [0.2, 0.25) is 0 Å². The van der Waals surface area contributed by atoms with Crippen molar-refractivity contribution in [3.05, 3.63) is 0 Å². The Kier molecular flexibility index (Phi) is 4.24. The van der Waals surface area contributed by atoms with Gasteiger partial charge in [-0.15, -0.1) is 0 Å². The molecule has 0 aromatic heterocycles. The molecule has 1 fully saturated rings. The fraction of sp³-hybridized carbons (Fsp3) is 0.846. The van der Waals surface area contributed by atoms with Crippen molar-refractivity contribution >= 4 is 12.1 Å². The minimum absolute atomic E-state index is 0.353. The van der Waals surface area contributed by atoms with Crippen LogP contribution in [-0.2, 0) is 14.3 Å². The van der Waals surface area contributed by atoms with Crippen LogP contribution in [0.15, 0.2) is 0 Å². The summed E-state index contributed by atoms with van der Waals surface area (Å²) in [6.07, 6.45) is 1.53. The van der Waals surface area contributed by atoms with Gasteiger partial charge < -0.3 is 9.47 Å². The van der Waals surface area contributed by atoms with Crippen molar-refractivity contribution in [2.24, 2.45) is 0 Å². The second-order valence-electron chi connectivity index (χ2n) is 5.61. The second-order valence-corrected chi connectivity index (χ2v) is 5.61. The number of ether oxygens (including phenoxy) is 2. The van der Waals surface area contributed by atoms with E-state index in [1.807, 2.05) is 27.7 Å². The summed E-state index contributed by atoms with van der Waals surface area (Å²) in [5.41, 5.74) is -1.41. The maximum atomic E-state index is 12.2. The van der Waals surface area contributed by atoms with Crippen LogP contribution < -0.4 is 0 Å². The number of hydrogen-bond acceptors (Lipinski definition) is 4. The molecule has 0 unspecified atom stereocenters. The first kappa shape index (κ1) is 14.8. The predicted octanol–water partition coefficient (Wildman–Crippen LogP) is 2.34. The maximum Gasteiger partial charge on any atom is 0.411 e. The molecule has 0 N–H and O–H groups in total. The lowest BCUT2D eigenvalue weighted by atomic mass is 9.93. The van der Waals surface area contributed by atoms with Gasteiger partial charge in [0.15, 0.2) is 0 Å². The van der Waals surface area contributed by atoms with E-state index in [1.54, 1.807) is 0 Å². The summed E-state index contributed by atoms with van der Waals surface area (Å²) in [4.78, 5) is 25.6. The SMILES string of the molecule is CC[C@@]1(C(=O)OC)CCCN1C(=O)OC(C)(C)C. The molecule has 104 valence electrons. The Balaban J connectivity index is 2.93. The van der Waals surface area contributed by atoms with Crippen molar-refractivity contribution in [2.45, 2.75) is 58.1 Å². The van der Waals surface area contributed by atoms with Crippen LogP contribution >= 0.6 is 0 Å². The Bertz CT molecular complexity index is 334. The third-order valence-corrected chi connectivity index (χ3v) is 3.25. The van der Waals surface area contributed by atoms with Gasteiger partial charge in [-0.1, -0.05) is 6.92 Å². The van der Waals surface area contributed by atoms with Crippen molar-refractivity contribution in [3.8, 4) is 0 Å². The Morgan fingerprint density at radius 1 is 1.33 bits per heavy atom. The van der Waals surface area contributed by atoms with Gasteiger partial charge in [-0.25, -0.2) is 9.59 Å². The van der Waals surface area contributed by atoms with Crippen molar-refractivity contribution in [1.82, 2.24) is 4.90 Å². The average Bonchev–Trinajstić information content (AvgIpc) is 2.70. The average molecular weight is 257 g/mol. The Labute approximate surface area is 108 Å². The number of methoxy groups -OCH3 is 1. The fourth-order valence-corrected chi connectivity index (χ4v) is 2.38. The molecule has 1 rings (SSSR count). The first-order chi connectivity index (χ1) is 8.27. The highest BCUT2D eigenvalue weighted by Gasteiger charge is 2.50. The molecule has 0 bridgehead atoms. The second kappa shape index (κ2) is 5.16. The Morgan fingerprint density at radius 2 is 1.94 bits per heavy atom. The molecular weight excluding hydrogens is 234 g/mol. The van der Waals surface area contributed by atoms with Crippen LogP contribution in [0.5, 0.6) is 0 Å². The molecule has 1 atom stereocenters. The smallest absolute Gasteiger partial charge is 0.411 e. The number of carbonyl (C=O) groups is 2. The third kappa shape index (κ3) is 2.76. The Morgan fingerprint density at radius 3 is 2.39 bits per heavy atom. The van der Waals surface area contributed by atoms with Gasteiger partial charge in [0.05, 0.1) is 7.11 Å². The highest BCUT2D eigenvalue weighted by atomic mass is 16.6. The molecule has 1 aliphatic heterocycles. The van der Waals surface area contributed by atoms with E-state index >= 15 is 0 Å². The number of amides is 1. The van der Waals surface area contributed by atoms with Gasteiger partial charge in [-0.3, -0.25) is 4.90 Å². The van der Waals surface area contributed by atoms with Crippen LogP contribution in [0, 0.1) is 0 Å². The van der Waals surface area contributed by atoms with E-state index in [9.17, 15) is 9.59 Å². The van der Waals surface area contributed by atoms with Crippen molar-refractivity contribution in [3.63, 3.8) is 0 Å². The monoisotopic (exact) mass is 257 g/mol. The van der Waals surface area contributed by atoms with Crippen molar-refractivity contribution in [1.29, 1.82) is 0 Å². The molecule has 1 saturated heterocycles. The molecule has 18 heavy (non-hydrogen) atoms. The standard InChI is InChI=1S/C13H23NO4/c1-6-13(10(15)17-5)8-7-9-14(13)11(16)18-12(2,3)4/h6-9H2,1-5H3/t13-/m0/s1. The largest absolute Gasteiger partial charge is 0.467 e. The van der Waals surface area contributed by atoms with E-state index in [1.165, 1.54) is 12.0 Å². The zero-order valence-corrected chi connectivity index (χ0v) is 11.9. The number of rotatable bonds is 2. The lowest BCUT2D eigenvalue weighted by Gasteiger charge is -2.36. The lowest BCUT2D eigenvalue weighted by Crippen LogP contribution is -2.54. The third-order valence-electron chi connectivity index (χ3n) is 3.25. The van der Waals surface area contributed by atoms with Gasteiger partial charge in [-0.2, -0.15) is 0 Å². The van der Waals surface area contributed by atoms with Crippen molar-refractivity contribution in [2.75, 3.05) is 13.7 Å². The van der Waals surface area contributed by atoms with Crippen LogP contribution in [0.3, 0.4) is 0 Å². The van der Waals surface area contributed by atoms with Crippen LogP contribution in [0.1, 0.15) is 47.0 Å². The number of nitrogens with zero attached hydrogens (tertiary/aromatic N) is 1. The van der Waals surface area contributed by atoms with E-state index in [2.05, 4.69) is 0 Å². The molecule has 0 aromatic rings. The Hall–Kier alpha value is -1.26. The summed E-state index contributed by atoms with van der Waals surface area (Å²) < 4.78 is 10.2. The molecule has 0 saturated carbocycles. The summed E-state index contributed by atoms with van der Waals surface area (Å²) in [7, 11) is 1.35. The normalized spacial score (nSPS) is 23.9. The summed E-state index contributed by atoms with van der Waals surface area (Å²) in [6, 6.07) is 0. The van der Waals surface area contributed by atoms with Gasteiger partial charge in [0.25, 0.3) is 0 Å². The molecule has 1 aliphatic rings. The zero-order valence-electron chi connectivity index (χ0n) is 11.9. The highest BCUT2D eigenvalue weighted by Crippen LogP contribution is 2.34. The fourth-order valence-electron chi connectivity index (χ4n) is 2.38. The van der Waals surface area contributed by atoms with Crippen LogP contribution in [0.4, 0.5) is 4.79 Å². The van der Waals surface area contributed by atoms with Crippen LogP contribution in [0.25, 0.3) is 0 Å². The van der Waals surface area contributed by atoms with Gasteiger partial charge in [0.2, 0.25) is 0 Å². The first-order valence-electron chi connectivity index (χ1n) is 6.36. The minimum atomic E-state index is -0.850. The molecule has 0 spiro atoms. The molecule has 0 aromatic carbocycles. The summed E-state index contributed by atoms with van der Waals surface area (Å²) in [6.45, 7) is 7.86. The van der Waals surface area contributed by atoms with Crippen LogP contribution in [-0.4, -0.2) is 41.8 Å². The predicted molar refractivity (Wildman–Crippen MR) is 67.2 cm³/mol. The van der Waals surface area contributed by atoms with Gasteiger partial charge >= 0.3 is 12.1 Å². The maximum absolute atomic E-state index is 12.2. The highest BCUT2D eigenvalue weighted by molar-refractivity contribution is 5.86. The van der Waals surface area contributed by atoms with E-state index in [0.717, 1.165) is 6.42 Å². The molecule has 1 heterocycles. The minimum Gasteiger partial charge on any atom is -0.467 e. The van der Waals surface area contributed by atoms with Gasteiger partial charge in [0, 0.05) is 6.54 Å². The molecule has 0 aliphatic carbocycles. The molecule has 5 heteroatoms. The molecule has 1 amide bonds. The quantitative estimate of drug-likeness (QED) is 0.712. The lowest BCUT2D eigenvalue weighted by molar-refractivity contribution is -0.153. The summed E-state index contributed by atoms with van der Waals surface area (Å²) >= 11 is 0. The number of likely N-dealkylation sites (tertiary alicyclic amines) is 1. The molecular formula is C13H23NO4. The molecule has 0 radical (unpaired) electrons. The van der Waals surface area contributed by atoms with Crippen molar-refractivity contribution < 1.29 is 19.1 Å². The molecule has 5 nitrogen and oxygen atoms in total. The van der Waals surface area contributed by atoms with E-state index in [-0.39, 0.29) is 5.97 Å². The number of hydrogen-bond donors (Lipinski definition) is 0. The topological polar surface area (TPSA) is 55.8 Å². The van der Waals surface area contributed by atoms with E-state index in [0.29, 0.717) is 19.4 Å². The van der Waals surface area contributed by atoms with E-state index in [4.69, 9.17) is 9.47 Å². The number of carbonyl (C=O) groups excluding carboxylic acids is 2. The first-order valence-corrected chi connectivity index (χ1v) is 6.36. The zero-order chi connectivity index (χ0) is 14.0. The summed E-state index contributed by atoms with van der Waals surface area (Å²) in [5, 5.41) is 0. The van der Waals surface area contributed by atoms with Gasteiger partial charge in [-0.05, 0) is 40.0 Å². The summed E-state index contributed by atoms with van der Waals surface area (Å²) in [5.74, 6) is -0.353.